The second-order valence-corrected chi connectivity index (χ2v) is 5.10. The van der Waals surface area contributed by atoms with Gasteiger partial charge in [-0.15, -0.1) is 0 Å². The molecule has 1 rings (SSSR count). The Bertz CT molecular complexity index is 227. The van der Waals surface area contributed by atoms with Gasteiger partial charge in [0.2, 0.25) is 5.91 Å². The van der Waals surface area contributed by atoms with Crippen molar-refractivity contribution in [3.05, 3.63) is 0 Å². The van der Waals surface area contributed by atoms with Gasteiger partial charge in [0.05, 0.1) is 6.54 Å². The molecule has 2 N–H and O–H groups in total. The fourth-order valence-corrected chi connectivity index (χ4v) is 2.13. The first-order valence-electron chi connectivity index (χ1n) is 6.87. The average Bonchev–Trinajstić information content (AvgIpc) is 2.82. The number of carbonyl (C=O) groups is 1. The van der Waals surface area contributed by atoms with Crippen LogP contribution in [0, 0.1) is 0 Å². The summed E-state index contributed by atoms with van der Waals surface area (Å²) in [6.07, 6.45) is 3.62. The van der Waals surface area contributed by atoms with Gasteiger partial charge in [-0.3, -0.25) is 9.69 Å². The highest BCUT2D eigenvalue weighted by molar-refractivity contribution is 5.78. The third kappa shape index (κ3) is 5.50. The molecule has 0 aromatic heterocycles. The van der Waals surface area contributed by atoms with E-state index in [1.807, 2.05) is 6.92 Å². The minimum Gasteiger partial charge on any atom is -0.353 e. The summed E-state index contributed by atoms with van der Waals surface area (Å²) in [4.78, 5) is 14.0. The molecule has 1 fully saturated rings. The number of hydrogen-bond donors (Lipinski definition) is 2. The molecule has 0 radical (unpaired) electrons. The van der Waals surface area contributed by atoms with Crippen LogP contribution in [0.4, 0.5) is 0 Å². The Balaban J connectivity index is 2.08. The van der Waals surface area contributed by atoms with Crippen LogP contribution in [-0.4, -0.2) is 49.1 Å². The molecule has 17 heavy (non-hydrogen) atoms. The van der Waals surface area contributed by atoms with Crippen LogP contribution in [0.1, 0.15) is 40.0 Å². The van der Waals surface area contributed by atoms with Gasteiger partial charge in [0.1, 0.15) is 0 Å². The standard InChI is InChI=1S/C13H27N3O/c1-4-11(2)15-13(17)10-14-9-12(3)16-7-5-6-8-16/h11-12,14H,4-10H2,1-3H3,(H,15,17). The highest BCUT2D eigenvalue weighted by atomic mass is 16.1. The van der Waals surface area contributed by atoms with Crippen molar-refractivity contribution in [2.75, 3.05) is 26.2 Å². The van der Waals surface area contributed by atoms with Gasteiger partial charge in [-0.2, -0.15) is 0 Å². The normalized spacial score (nSPS) is 20.2. The van der Waals surface area contributed by atoms with E-state index in [0.717, 1.165) is 13.0 Å². The second-order valence-electron chi connectivity index (χ2n) is 5.10. The Morgan fingerprint density at radius 3 is 2.53 bits per heavy atom. The lowest BCUT2D eigenvalue weighted by atomic mass is 10.2. The van der Waals surface area contributed by atoms with Gasteiger partial charge in [-0.25, -0.2) is 0 Å². The number of carbonyl (C=O) groups excluding carboxylic acids is 1. The fourth-order valence-electron chi connectivity index (χ4n) is 2.13. The largest absolute Gasteiger partial charge is 0.353 e. The Labute approximate surface area is 105 Å². The van der Waals surface area contributed by atoms with Crippen molar-refractivity contribution in [3.63, 3.8) is 0 Å². The molecular weight excluding hydrogens is 214 g/mol. The van der Waals surface area contributed by atoms with E-state index in [9.17, 15) is 4.79 Å². The van der Waals surface area contributed by atoms with Crippen molar-refractivity contribution < 1.29 is 4.79 Å². The lowest BCUT2D eigenvalue weighted by Gasteiger charge is -2.24. The minimum absolute atomic E-state index is 0.105. The minimum atomic E-state index is 0.105. The lowest BCUT2D eigenvalue weighted by Crippen LogP contribution is -2.43. The highest BCUT2D eigenvalue weighted by Crippen LogP contribution is 2.10. The van der Waals surface area contributed by atoms with E-state index in [0.29, 0.717) is 12.6 Å². The van der Waals surface area contributed by atoms with Crippen molar-refractivity contribution in [2.45, 2.75) is 52.1 Å². The number of rotatable bonds is 7. The molecule has 0 aromatic carbocycles. The SMILES string of the molecule is CCC(C)NC(=O)CNCC(C)N1CCCC1. The number of likely N-dealkylation sites (tertiary alicyclic amines) is 1. The molecule has 4 heteroatoms. The molecule has 0 spiro atoms. The molecule has 0 saturated carbocycles. The summed E-state index contributed by atoms with van der Waals surface area (Å²) < 4.78 is 0. The Morgan fingerprint density at radius 1 is 1.29 bits per heavy atom. The summed E-state index contributed by atoms with van der Waals surface area (Å²) in [5.74, 6) is 0.105. The van der Waals surface area contributed by atoms with E-state index in [-0.39, 0.29) is 11.9 Å². The van der Waals surface area contributed by atoms with Crippen LogP contribution < -0.4 is 10.6 Å². The third-order valence-corrected chi connectivity index (χ3v) is 3.51. The van der Waals surface area contributed by atoms with Crippen LogP contribution in [0.2, 0.25) is 0 Å². The van der Waals surface area contributed by atoms with Gasteiger partial charge >= 0.3 is 0 Å². The monoisotopic (exact) mass is 241 g/mol. The third-order valence-electron chi connectivity index (χ3n) is 3.51. The molecule has 0 aliphatic carbocycles. The van der Waals surface area contributed by atoms with Crippen molar-refractivity contribution in [3.8, 4) is 0 Å². The van der Waals surface area contributed by atoms with Crippen LogP contribution in [-0.2, 0) is 4.79 Å². The van der Waals surface area contributed by atoms with Crippen LogP contribution in [0.15, 0.2) is 0 Å². The molecule has 1 aliphatic heterocycles. The van der Waals surface area contributed by atoms with E-state index in [1.54, 1.807) is 0 Å². The maximum absolute atomic E-state index is 11.5. The van der Waals surface area contributed by atoms with Crippen LogP contribution in [0.5, 0.6) is 0 Å². The molecule has 2 atom stereocenters. The number of amides is 1. The number of hydrogen-bond acceptors (Lipinski definition) is 3. The van der Waals surface area contributed by atoms with Crippen molar-refractivity contribution in [1.82, 2.24) is 15.5 Å². The zero-order chi connectivity index (χ0) is 12.7. The maximum atomic E-state index is 11.5. The Kier molecular flexibility index (Phi) is 6.52. The van der Waals surface area contributed by atoms with Gasteiger partial charge in [-0.1, -0.05) is 6.92 Å². The van der Waals surface area contributed by atoms with Gasteiger partial charge in [0.25, 0.3) is 0 Å². The van der Waals surface area contributed by atoms with E-state index >= 15 is 0 Å². The topological polar surface area (TPSA) is 44.4 Å². The lowest BCUT2D eigenvalue weighted by molar-refractivity contribution is -0.120. The van der Waals surface area contributed by atoms with E-state index in [4.69, 9.17) is 0 Å². The summed E-state index contributed by atoms with van der Waals surface area (Å²) in [7, 11) is 0. The molecule has 4 nitrogen and oxygen atoms in total. The van der Waals surface area contributed by atoms with Gasteiger partial charge in [0, 0.05) is 18.6 Å². The van der Waals surface area contributed by atoms with Gasteiger partial charge in [0.15, 0.2) is 0 Å². The molecule has 1 aliphatic rings. The maximum Gasteiger partial charge on any atom is 0.234 e. The van der Waals surface area contributed by atoms with Crippen LogP contribution in [0.25, 0.3) is 0 Å². The average molecular weight is 241 g/mol. The predicted octanol–water partition coefficient (Wildman–Crippen LogP) is 0.975. The van der Waals surface area contributed by atoms with Crippen molar-refractivity contribution in [2.24, 2.45) is 0 Å². The molecule has 100 valence electrons. The first-order chi connectivity index (χ1) is 8.13. The molecule has 0 bridgehead atoms. The van der Waals surface area contributed by atoms with E-state index < -0.39 is 0 Å². The summed E-state index contributed by atoms with van der Waals surface area (Å²) in [6.45, 7) is 10.1. The highest BCUT2D eigenvalue weighted by Gasteiger charge is 2.17. The van der Waals surface area contributed by atoms with Crippen LogP contribution in [0.3, 0.4) is 0 Å². The summed E-state index contributed by atoms with van der Waals surface area (Å²) in [6, 6.07) is 0.814. The smallest absolute Gasteiger partial charge is 0.234 e. The Hall–Kier alpha value is -0.610. The molecule has 1 heterocycles. The van der Waals surface area contributed by atoms with Crippen molar-refractivity contribution >= 4 is 5.91 Å². The van der Waals surface area contributed by atoms with Gasteiger partial charge < -0.3 is 10.6 Å². The van der Waals surface area contributed by atoms with Crippen LogP contribution >= 0.6 is 0 Å². The zero-order valence-corrected chi connectivity index (χ0v) is 11.5. The molecule has 1 saturated heterocycles. The Morgan fingerprint density at radius 2 is 1.94 bits per heavy atom. The molecule has 2 unspecified atom stereocenters. The number of nitrogens with zero attached hydrogens (tertiary/aromatic N) is 1. The predicted molar refractivity (Wildman–Crippen MR) is 71.0 cm³/mol. The fraction of sp³-hybridized carbons (Fsp3) is 0.923. The second kappa shape index (κ2) is 7.67. The summed E-state index contributed by atoms with van der Waals surface area (Å²) >= 11 is 0. The van der Waals surface area contributed by atoms with E-state index in [2.05, 4.69) is 29.4 Å². The molecule has 0 aromatic rings. The molecular formula is C13H27N3O. The first-order valence-corrected chi connectivity index (χ1v) is 6.87. The summed E-state index contributed by atoms with van der Waals surface area (Å²) in [5, 5.41) is 6.20. The first kappa shape index (κ1) is 14.5. The number of nitrogens with one attached hydrogen (secondary N) is 2. The van der Waals surface area contributed by atoms with Crippen molar-refractivity contribution in [1.29, 1.82) is 0 Å². The quantitative estimate of drug-likeness (QED) is 0.698. The summed E-state index contributed by atoms with van der Waals surface area (Å²) in [5.41, 5.74) is 0. The molecule has 1 amide bonds. The van der Waals surface area contributed by atoms with E-state index in [1.165, 1.54) is 25.9 Å². The van der Waals surface area contributed by atoms with Gasteiger partial charge in [-0.05, 0) is 46.2 Å². The zero-order valence-electron chi connectivity index (χ0n) is 11.5.